The van der Waals surface area contributed by atoms with Gasteiger partial charge >= 0.3 is 5.97 Å². The van der Waals surface area contributed by atoms with E-state index in [2.05, 4.69) is 15.3 Å². The first-order valence-corrected chi connectivity index (χ1v) is 10.0. The predicted octanol–water partition coefficient (Wildman–Crippen LogP) is 3.06. The smallest absolute Gasteiger partial charge is 0.340 e. The lowest BCUT2D eigenvalue weighted by atomic mass is 10.1. The number of morpholine rings is 1. The Morgan fingerprint density at radius 2 is 1.74 bits per heavy atom. The highest BCUT2D eigenvalue weighted by molar-refractivity contribution is 6.08. The van der Waals surface area contributed by atoms with Crippen LogP contribution in [-0.2, 0) is 9.47 Å². The lowest BCUT2D eigenvalue weighted by molar-refractivity contribution is 0.0602. The summed E-state index contributed by atoms with van der Waals surface area (Å²) in [5.74, 6) is -0.817. The molecule has 0 unspecified atom stereocenters. The van der Waals surface area contributed by atoms with Crippen molar-refractivity contribution in [1.82, 2.24) is 9.78 Å². The summed E-state index contributed by atoms with van der Waals surface area (Å²) in [5.41, 5.74) is 3.85. The van der Waals surface area contributed by atoms with E-state index in [1.54, 1.807) is 28.9 Å². The predicted molar refractivity (Wildman–Crippen MR) is 117 cm³/mol. The normalized spacial score (nSPS) is 13.7. The molecule has 1 aromatic heterocycles. The van der Waals surface area contributed by atoms with Crippen molar-refractivity contribution in [2.45, 2.75) is 6.92 Å². The molecule has 1 N–H and O–H groups in total. The van der Waals surface area contributed by atoms with Gasteiger partial charge in [-0.25, -0.2) is 9.48 Å². The number of ether oxygens (including phenoxy) is 2. The lowest BCUT2D eigenvalue weighted by Crippen LogP contribution is -2.36. The van der Waals surface area contributed by atoms with Gasteiger partial charge in [0.15, 0.2) is 0 Å². The van der Waals surface area contributed by atoms with E-state index in [1.807, 2.05) is 37.4 Å². The highest BCUT2D eigenvalue weighted by Gasteiger charge is 2.19. The van der Waals surface area contributed by atoms with Gasteiger partial charge in [0.25, 0.3) is 5.91 Å². The average molecular weight is 420 g/mol. The number of esters is 1. The van der Waals surface area contributed by atoms with Gasteiger partial charge in [-0.2, -0.15) is 5.10 Å². The number of carbonyl (C=O) groups excluding carboxylic acids is 2. The molecule has 0 spiro atoms. The first kappa shape index (κ1) is 20.6. The molecule has 0 radical (unpaired) electrons. The average Bonchev–Trinajstić information content (AvgIpc) is 3.25. The van der Waals surface area contributed by atoms with Crippen LogP contribution in [-0.4, -0.2) is 55.1 Å². The molecule has 8 heteroatoms. The molecule has 31 heavy (non-hydrogen) atoms. The maximum atomic E-state index is 12.8. The van der Waals surface area contributed by atoms with Gasteiger partial charge in [-0.05, 0) is 55.5 Å². The topological polar surface area (TPSA) is 85.7 Å². The maximum absolute atomic E-state index is 12.8. The summed E-state index contributed by atoms with van der Waals surface area (Å²) in [4.78, 5) is 27.3. The van der Waals surface area contributed by atoms with Crippen molar-refractivity contribution in [2.75, 3.05) is 43.6 Å². The second-order valence-corrected chi connectivity index (χ2v) is 7.22. The molecule has 2 aromatic carbocycles. The number of amides is 1. The fourth-order valence-corrected chi connectivity index (χ4v) is 3.46. The summed E-state index contributed by atoms with van der Waals surface area (Å²) in [7, 11) is 1.32. The molecule has 160 valence electrons. The number of hydrogen-bond acceptors (Lipinski definition) is 6. The Kier molecular flexibility index (Phi) is 5.99. The summed E-state index contributed by atoms with van der Waals surface area (Å²) in [6, 6.07) is 14.4. The van der Waals surface area contributed by atoms with E-state index in [0.717, 1.165) is 30.2 Å². The first-order valence-electron chi connectivity index (χ1n) is 10.0. The third-order valence-corrected chi connectivity index (χ3v) is 5.15. The molecule has 0 bridgehead atoms. The van der Waals surface area contributed by atoms with Crippen LogP contribution in [0.4, 0.5) is 11.4 Å². The maximum Gasteiger partial charge on any atom is 0.340 e. The Bertz CT molecular complexity index is 1090. The second-order valence-electron chi connectivity index (χ2n) is 7.22. The molecule has 1 saturated heterocycles. The molecule has 0 aliphatic carbocycles. The molecule has 2 heterocycles. The molecule has 1 aliphatic heterocycles. The molecule has 1 aliphatic rings. The van der Waals surface area contributed by atoms with Gasteiger partial charge in [0.2, 0.25) is 0 Å². The minimum absolute atomic E-state index is 0.309. The first-order chi connectivity index (χ1) is 15.0. The fraction of sp³-hybridized carbons (Fsp3) is 0.261. The van der Waals surface area contributed by atoms with E-state index in [1.165, 1.54) is 7.11 Å². The van der Waals surface area contributed by atoms with Gasteiger partial charge in [0, 0.05) is 30.5 Å². The lowest BCUT2D eigenvalue weighted by Gasteiger charge is -2.29. The van der Waals surface area contributed by atoms with E-state index in [-0.39, 0.29) is 5.91 Å². The van der Waals surface area contributed by atoms with Crippen LogP contribution in [0.2, 0.25) is 0 Å². The molecular weight excluding hydrogens is 396 g/mol. The monoisotopic (exact) mass is 420 g/mol. The summed E-state index contributed by atoms with van der Waals surface area (Å²) < 4.78 is 12.1. The van der Waals surface area contributed by atoms with Gasteiger partial charge in [0.1, 0.15) is 0 Å². The van der Waals surface area contributed by atoms with Crippen molar-refractivity contribution in [3.8, 4) is 5.69 Å². The van der Waals surface area contributed by atoms with E-state index in [4.69, 9.17) is 9.47 Å². The van der Waals surface area contributed by atoms with Gasteiger partial charge in [-0.3, -0.25) is 4.79 Å². The molecule has 4 rings (SSSR count). The number of anilines is 2. The number of hydrogen-bond donors (Lipinski definition) is 1. The number of nitrogens with one attached hydrogen (secondary N) is 1. The highest BCUT2D eigenvalue weighted by atomic mass is 16.5. The van der Waals surface area contributed by atoms with Gasteiger partial charge < -0.3 is 19.7 Å². The zero-order valence-corrected chi connectivity index (χ0v) is 17.5. The second kappa shape index (κ2) is 9.01. The zero-order valence-electron chi connectivity index (χ0n) is 17.5. The summed E-state index contributed by atoms with van der Waals surface area (Å²) >= 11 is 0. The van der Waals surface area contributed by atoms with Gasteiger partial charge in [0.05, 0.1) is 43.0 Å². The number of benzene rings is 2. The van der Waals surface area contributed by atoms with Crippen molar-refractivity contribution in [3.05, 3.63) is 71.5 Å². The quantitative estimate of drug-likeness (QED) is 0.639. The molecule has 8 nitrogen and oxygen atoms in total. The number of aryl methyl sites for hydroxylation is 1. The van der Waals surface area contributed by atoms with Gasteiger partial charge in [-0.1, -0.05) is 0 Å². The minimum atomic E-state index is -0.505. The van der Waals surface area contributed by atoms with Crippen molar-refractivity contribution < 1.29 is 19.1 Å². The summed E-state index contributed by atoms with van der Waals surface area (Å²) in [5, 5.41) is 7.19. The van der Waals surface area contributed by atoms with E-state index in [9.17, 15) is 9.59 Å². The van der Waals surface area contributed by atoms with E-state index < -0.39 is 5.97 Å². The van der Waals surface area contributed by atoms with Crippen molar-refractivity contribution in [3.63, 3.8) is 0 Å². The number of methoxy groups -OCH3 is 1. The SMILES string of the molecule is COC(=O)c1cc(N2CCOCC2)ccc1NC(=O)c1ccc(-n2ccc(C)n2)cc1. The van der Waals surface area contributed by atoms with Crippen molar-refractivity contribution in [1.29, 1.82) is 0 Å². The molecule has 1 amide bonds. The van der Waals surface area contributed by atoms with Crippen molar-refractivity contribution >= 4 is 23.3 Å². The Balaban J connectivity index is 1.54. The molecule has 1 fully saturated rings. The largest absolute Gasteiger partial charge is 0.465 e. The third kappa shape index (κ3) is 4.59. The molecule has 0 saturated carbocycles. The number of carbonyl (C=O) groups is 2. The third-order valence-electron chi connectivity index (χ3n) is 5.15. The van der Waals surface area contributed by atoms with Crippen LogP contribution < -0.4 is 10.2 Å². The fourth-order valence-electron chi connectivity index (χ4n) is 3.46. The molecule has 0 atom stereocenters. The van der Waals surface area contributed by atoms with Crippen LogP contribution >= 0.6 is 0 Å². The van der Waals surface area contributed by atoms with Gasteiger partial charge in [-0.15, -0.1) is 0 Å². The summed E-state index contributed by atoms with van der Waals surface area (Å²) in [6.45, 7) is 4.69. The van der Waals surface area contributed by atoms with Crippen molar-refractivity contribution in [2.24, 2.45) is 0 Å². The minimum Gasteiger partial charge on any atom is -0.465 e. The Hall–Kier alpha value is -3.65. The summed E-state index contributed by atoms with van der Waals surface area (Å²) in [6.07, 6.45) is 1.86. The Morgan fingerprint density at radius 3 is 2.39 bits per heavy atom. The molecular formula is C23H24N4O4. The number of rotatable bonds is 5. The number of nitrogens with zero attached hydrogens (tertiary/aromatic N) is 3. The van der Waals surface area contributed by atoms with Crippen LogP contribution in [0.25, 0.3) is 5.69 Å². The van der Waals surface area contributed by atoms with E-state index in [0.29, 0.717) is 30.0 Å². The van der Waals surface area contributed by atoms with Crippen LogP contribution in [0.1, 0.15) is 26.4 Å². The number of aromatic nitrogens is 2. The van der Waals surface area contributed by atoms with Crippen LogP contribution in [0.15, 0.2) is 54.7 Å². The zero-order chi connectivity index (χ0) is 21.8. The Morgan fingerprint density at radius 1 is 1.03 bits per heavy atom. The molecule has 3 aromatic rings. The van der Waals surface area contributed by atoms with E-state index >= 15 is 0 Å². The van der Waals surface area contributed by atoms with Crippen LogP contribution in [0, 0.1) is 6.92 Å². The Labute approximate surface area is 180 Å². The standard InChI is InChI=1S/C23H24N4O4/c1-16-9-10-27(25-16)18-5-3-17(4-6-18)22(28)24-21-8-7-19(15-20(21)23(29)30-2)26-11-13-31-14-12-26/h3-10,15H,11-14H2,1-2H3,(H,24,28). The van der Waals surface area contributed by atoms with Crippen LogP contribution in [0.5, 0.6) is 0 Å². The van der Waals surface area contributed by atoms with Crippen LogP contribution in [0.3, 0.4) is 0 Å². The highest BCUT2D eigenvalue weighted by Crippen LogP contribution is 2.25.